The van der Waals surface area contributed by atoms with Gasteiger partial charge < -0.3 is 80.2 Å². The van der Waals surface area contributed by atoms with Crippen LogP contribution in [0.4, 0.5) is 0 Å². The molecule has 0 unspecified atom stereocenters. The van der Waals surface area contributed by atoms with E-state index in [9.17, 15) is 73.2 Å². The van der Waals surface area contributed by atoms with E-state index in [0.29, 0.717) is 5.56 Å². The maximum Gasteiger partial charge on any atom is 0.326 e. The number of hydrogen-bond acceptors (Lipinski definition) is 15. The molecule has 10 atom stereocenters. The van der Waals surface area contributed by atoms with Crippen molar-refractivity contribution in [3.8, 4) is 5.75 Å². The topological polar surface area (TPSA) is 443 Å². The number of nitrogens with one attached hydrogen (secondary N) is 8. The van der Waals surface area contributed by atoms with E-state index >= 15 is 0 Å². The summed E-state index contributed by atoms with van der Waals surface area (Å²) in [6.45, 7) is 13.9. The van der Waals surface area contributed by atoms with Gasteiger partial charge in [0.1, 0.15) is 54.1 Å². The molecule has 0 spiro atoms. The third-order valence-electron chi connectivity index (χ3n) is 11.3. The Morgan fingerprint density at radius 2 is 0.840 bits per heavy atom. The summed E-state index contributed by atoms with van der Waals surface area (Å²) in [6.07, 6.45) is -3.25. The zero-order valence-electron chi connectivity index (χ0n) is 44.3. The maximum atomic E-state index is 13.9. The molecule has 26 heteroatoms. The van der Waals surface area contributed by atoms with E-state index in [1.54, 1.807) is 67.5 Å². The fourth-order valence-corrected chi connectivity index (χ4v) is 7.50. The van der Waals surface area contributed by atoms with Crippen molar-refractivity contribution in [2.45, 2.75) is 174 Å². The average molecular weight is 1060 g/mol. The molecule has 0 fully saturated rings. The summed E-state index contributed by atoms with van der Waals surface area (Å²) in [5.74, 6) is -12.1. The average Bonchev–Trinajstić information content (AvgIpc) is 3.29. The molecule has 1 rings (SSSR count). The Bertz CT molecular complexity index is 2120. The van der Waals surface area contributed by atoms with Crippen LogP contribution >= 0.6 is 0 Å². The number of aliphatic carboxylic acids is 1. The van der Waals surface area contributed by atoms with Gasteiger partial charge in [0.05, 0.1) is 25.2 Å². The smallest absolute Gasteiger partial charge is 0.326 e. The fraction of sp³-hybridized carbons (Fsp3) is 0.653. The van der Waals surface area contributed by atoms with Gasteiger partial charge in [0.15, 0.2) is 0 Å². The zero-order valence-corrected chi connectivity index (χ0v) is 44.3. The summed E-state index contributed by atoms with van der Waals surface area (Å²) in [4.78, 5) is 145. The zero-order chi connectivity index (χ0) is 57.4. The molecule has 0 bridgehead atoms. The van der Waals surface area contributed by atoms with Gasteiger partial charge in [-0.2, -0.15) is 0 Å². The van der Waals surface area contributed by atoms with Crippen LogP contribution < -0.4 is 59.7 Å². The third kappa shape index (κ3) is 25.2. The lowest BCUT2D eigenvalue weighted by atomic mass is 10.00. The minimum absolute atomic E-state index is 0.00629. The number of carbonyl (C=O) groups excluding carboxylic acids is 10. The van der Waals surface area contributed by atoms with Crippen molar-refractivity contribution in [2.75, 3.05) is 6.61 Å². The van der Waals surface area contributed by atoms with Crippen LogP contribution in [0.2, 0.25) is 0 Å². The summed E-state index contributed by atoms with van der Waals surface area (Å²) in [5.41, 5.74) is 17.5. The molecule has 0 radical (unpaired) electrons. The van der Waals surface area contributed by atoms with Crippen molar-refractivity contribution in [1.82, 2.24) is 42.5 Å². The van der Waals surface area contributed by atoms with Crippen LogP contribution in [-0.2, 0) is 59.2 Å². The fourth-order valence-electron chi connectivity index (χ4n) is 7.50. The number of primary amides is 2. The van der Waals surface area contributed by atoms with E-state index in [1.165, 1.54) is 12.1 Å². The second-order valence-electron chi connectivity index (χ2n) is 20.3. The summed E-state index contributed by atoms with van der Waals surface area (Å²) < 4.78 is 0. The van der Waals surface area contributed by atoms with Gasteiger partial charge in [0.25, 0.3) is 0 Å². The first-order valence-corrected chi connectivity index (χ1v) is 24.9. The molecule has 1 aromatic carbocycles. The van der Waals surface area contributed by atoms with E-state index in [2.05, 4.69) is 42.5 Å². The molecule has 0 aromatic heterocycles. The first-order valence-electron chi connectivity index (χ1n) is 24.9. The number of carboxylic acids is 1. The summed E-state index contributed by atoms with van der Waals surface area (Å²) in [6, 6.07) is -7.55. The number of aliphatic hydroxyl groups excluding tert-OH is 2. The van der Waals surface area contributed by atoms with Crippen molar-refractivity contribution in [1.29, 1.82) is 0 Å². The van der Waals surface area contributed by atoms with Crippen LogP contribution in [0.25, 0.3) is 0 Å². The van der Waals surface area contributed by atoms with Gasteiger partial charge >= 0.3 is 5.97 Å². The molecule has 10 amide bonds. The van der Waals surface area contributed by atoms with Crippen molar-refractivity contribution < 1.29 is 73.2 Å². The largest absolute Gasteiger partial charge is 0.508 e. The van der Waals surface area contributed by atoms with E-state index in [0.717, 1.165) is 6.92 Å². The number of carbonyl (C=O) groups is 11. The number of aromatic hydroxyl groups is 1. The first-order chi connectivity index (χ1) is 34.8. The minimum atomic E-state index is -1.86. The lowest BCUT2D eigenvalue weighted by Gasteiger charge is -2.29. The molecule has 1 aromatic rings. The van der Waals surface area contributed by atoms with Crippen LogP contribution in [0.5, 0.6) is 5.75 Å². The number of amides is 10. The molecule has 422 valence electrons. The lowest BCUT2D eigenvalue weighted by molar-refractivity contribution is -0.143. The van der Waals surface area contributed by atoms with Crippen molar-refractivity contribution in [2.24, 2.45) is 40.9 Å². The van der Waals surface area contributed by atoms with Gasteiger partial charge in [-0.1, -0.05) is 67.5 Å². The molecule has 0 aliphatic heterocycles. The number of carboxylic acid groups (broad SMARTS) is 1. The number of phenolic OH excluding ortho intramolecular Hbond substituents is 1. The quantitative estimate of drug-likeness (QED) is 0.0326. The molecule has 26 nitrogen and oxygen atoms in total. The molecule has 75 heavy (non-hydrogen) atoms. The Labute approximate surface area is 436 Å². The number of nitrogens with two attached hydrogens (primary N) is 3. The SMILES string of the molecule is CC(C)C[C@H](NC(=O)[C@H](CC(C)C)NC(=O)[C@H](CC(N)=O)NC(=O)[C@@H](NC(=O)[C@H](CC(C)C)NC(=O)[C@H](CO)NC(=O)[C@H](CCC(N)=O)NC(=O)[C@H](CC(C)C)NC(=O)[C@@H](N)Cc1ccc(O)cc1)[C@@H](C)O)C(=O)O. The lowest BCUT2D eigenvalue weighted by Crippen LogP contribution is -2.62. The molecule has 0 saturated heterocycles. The van der Waals surface area contributed by atoms with Crippen molar-refractivity contribution in [3.63, 3.8) is 0 Å². The standard InChI is InChI=1S/C49H81N11O15/c1-23(2)16-32(54-41(66)30(50)20-28-10-12-29(63)13-11-28)43(68)53-31(14-15-38(51)64)42(67)59-37(22-61)47(72)56-34(18-25(5)6)46(71)60-40(27(9)62)48(73)57-35(21-39(52)65)45(70)55-33(17-24(3)4)44(69)58-36(49(74)75)19-26(7)8/h10-13,23-27,30-37,40,61-63H,14-22,50H2,1-9H3,(H2,51,64)(H2,52,65)(H,53,68)(H,54,66)(H,55,70)(H,56,72)(H,57,73)(H,58,69)(H,59,67)(H,60,71)(H,74,75)/t27-,30+,31+,32+,33+,34+,35+,36+,37+,40+/m1/s1. The molecular weight excluding hydrogens is 983 g/mol. The van der Waals surface area contributed by atoms with Crippen LogP contribution in [0.15, 0.2) is 24.3 Å². The van der Waals surface area contributed by atoms with Crippen LogP contribution in [0, 0.1) is 23.7 Å². The van der Waals surface area contributed by atoms with E-state index in [-0.39, 0.29) is 61.5 Å². The Morgan fingerprint density at radius 3 is 1.25 bits per heavy atom. The van der Waals surface area contributed by atoms with Gasteiger partial charge in [-0.05, 0) is 86.8 Å². The highest BCUT2D eigenvalue weighted by atomic mass is 16.4. The van der Waals surface area contributed by atoms with Gasteiger partial charge in [-0.3, -0.25) is 47.9 Å². The molecular formula is C49H81N11O15. The highest BCUT2D eigenvalue weighted by Gasteiger charge is 2.37. The number of aliphatic hydroxyl groups is 2. The van der Waals surface area contributed by atoms with Gasteiger partial charge in [0.2, 0.25) is 59.1 Å². The first kappa shape index (κ1) is 66.1. The number of rotatable bonds is 34. The van der Waals surface area contributed by atoms with Gasteiger partial charge in [-0.25, -0.2) is 4.79 Å². The Kier molecular flexibility index (Phi) is 28.5. The molecule has 18 N–H and O–H groups in total. The van der Waals surface area contributed by atoms with Crippen molar-refractivity contribution in [3.05, 3.63) is 29.8 Å². The Balaban J connectivity index is 3.34. The predicted octanol–water partition coefficient (Wildman–Crippen LogP) is -3.08. The third-order valence-corrected chi connectivity index (χ3v) is 11.3. The Hall–Kier alpha value is -6.93. The number of benzene rings is 1. The predicted molar refractivity (Wildman–Crippen MR) is 272 cm³/mol. The normalized spacial score (nSPS) is 15.4. The number of phenols is 1. The maximum absolute atomic E-state index is 13.9. The molecule has 0 saturated carbocycles. The van der Waals surface area contributed by atoms with Crippen LogP contribution in [0.3, 0.4) is 0 Å². The summed E-state index contributed by atoms with van der Waals surface area (Å²) in [5, 5.41) is 59.4. The highest BCUT2D eigenvalue weighted by molar-refractivity contribution is 5.99. The summed E-state index contributed by atoms with van der Waals surface area (Å²) >= 11 is 0. The minimum Gasteiger partial charge on any atom is -0.508 e. The summed E-state index contributed by atoms with van der Waals surface area (Å²) in [7, 11) is 0. The molecule has 0 heterocycles. The second kappa shape index (κ2) is 32.4. The van der Waals surface area contributed by atoms with Crippen molar-refractivity contribution >= 4 is 65.0 Å². The Morgan fingerprint density at radius 1 is 0.480 bits per heavy atom. The number of hydrogen-bond donors (Lipinski definition) is 15. The molecule has 0 aliphatic rings. The molecule has 0 aliphatic carbocycles. The van der Waals surface area contributed by atoms with Crippen LogP contribution in [0.1, 0.15) is 113 Å². The van der Waals surface area contributed by atoms with E-state index < -0.39 is 151 Å². The van der Waals surface area contributed by atoms with Gasteiger partial charge in [0, 0.05) is 6.42 Å². The second-order valence-corrected chi connectivity index (χ2v) is 20.3. The van der Waals surface area contributed by atoms with Gasteiger partial charge in [-0.15, -0.1) is 0 Å². The van der Waals surface area contributed by atoms with E-state index in [1.807, 2.05) is 0 Å². The highest BCUT2D eigenvalue weighted by Crippen LogP contribution is 2.14. The van der Waals surface area contributed by atoms with E-state index in [4.69, 9.17) is 17.2 Å². The van der Waals surface area contributed by atoms with Crippen LogP contribution in [-0.4, -0.2) is 153 Å². The monoisotopic (exact) mass is 1060 g/mol.